The summed E-state index contributed by atoms with van der Waals surface area (Å²) in [6.07, 6.45) is 1.41. The average Bonchev–Trinajstić information content (AvgIpc) is 2.44. The minimum absolute atomic E-state index is 0.105. The van der Waals surface area contributed by atoms with Crippen LogP contribution in [-0.4, -0.2) is 31.2 Å². The lowest BCUT2D eigenvalue weighted by molar-refractivity contribution is 0.415. The molecule has 0 aliphatic carbocycles. The summed E-state index contributed by atoms with van der Waals surface area (Å²) in [6, 6.07) is 4.91. The summed E-state index contributed by atoms with van der Waals surface area (Å²) in [6.45, 7) is 1.93. The van der Waals surface area contributed by atoms with Crippen LogP contribution in [0.25, 0.3) is 10.9 Å². The van der Waals surface area contributed by atoms with Crippen molar-refractivity contribution in [3.05, 3.63) is 34.4 Å². The Morgan fingerprint density at radius 3 is 2.76 bits per heavy atom. The van der Waals surface area contributed by atoms with E-state index in [-0.39, 0.29) is 22.9 Å². The Balaban J connectivity index is 2.37. The number of hydrogen-bond donors (Lipinski definition) is 1. The highest BCUT2D eigenvalue weighted by atomic mass is 32.2. The molecule has 0 aliphatic rings. The molecule has 7 heteroatoms. The number of sulfone groups is 1. The van der Waals surface area contributed by atoms with Gasteiger partial charge < -0.3 is 9.72 Å². The molecule has 1 N–H and O–H groups in total. The molecule has 0 amide bonds. The topological polar surface area (TPSA) is 89.1 Å². The number of methoxy groups -OCH3 is 1. The monoisotopic (exact) mass is 310 g/mol. The first-order valence-corrected chi connectivity index (χ1v) is 8.54. The maximum absolute atomic E-state index is 12.0. The lowest BCUT2D eigenvalue weighted by Gasteiger charge is -2.05. The zero-order valence-electron chi connectivity index (χ0n) is 12.0. The number of hydrogen-bond acceptors (Lipinski definition) is 5. The van der Waals surface area contributed by atoms with Gasteiger partial charge in [-0.25, -0.2) is 13.4 Å². The molecule has 0 aliphatic heterocycles. The predicted molar refractivity (Wildman–Crippen MR) is 81.3 cm³/mol. The van der Waals surface area contributed by atoms with E-state index in [0.717, 1.165) is 6.42 Å². The largest absolute Gasteiger partial charge is 0.497 e. The molecule has 1 aromatic carbocycles. The normalized spacial score (nSPS) is 11.7. The van der Waals surface area contributed by atoms with Gasteiger partial charge in [0.2, 0.25) is 0 Å². The first-order chi connectivity index (χ1) is 9.95. The van der Waals surface area contributed by atoms with Crippen LogP contribution in [-0.2, 0) is 15.6 Å². The smallest absolute Gasteiger partial charge is 0.258 e. The quantitative estimate of drug-likeness (QED) is 0.876. The number of unbranched alkanes of at least 4 members (excludes halogenated alkanes) is 1. The van der Waals surface area contributed by atoms with Gasteiger partial charge in [0.05, 0.1) is 23.8 Å². The van der Waals surface area contributed by atoms with Crippen molar-refractivity contribution >= 4 is 20.7 Å². The molecule has 0 atom stereocenters. The van der Waals surface area contributed by atoms with Crippen LogP contribution in [0.5, 0.6) is 5.75 Å². The van der Waals surface area contributed by atoms with Crippen molar-refractivity contribution in [1.29, 1.82) is 0 Å². The number of fused-ring (bicyclic) bond motifs is 1. The summed E-state index contributed by atoms with van der Waals surface area (Å²) in [4.78, 5) is 18.8. The van der Waals surface area contributed by atoms with Crippen LogP contribution in [0.3, 0.4) is 0 Å². The molecule has 114 valence electrons. The fourth-order valence-electron chi connectivity index (χ4n) is 2.01. The standard InChI is InChI=1S/C14H18N2O4S/c1-3-4-7-21(18,19)9-13-15-12-6-5-10(20-2)8-11(12)14(17)16-13/h5-6,8H,3-4,7,9H2,1-2H3,(H,15,16,17). The van der Waals surface area contributed by atoms with Crippen LogP contribution >= 0.6 is 0 Å². The number of aromatic nitrogens is 2. The maximum Gasteiger partial charge on any atom is 0.258 e. The van der Waals surface area contributed by atoms with E-state index in [4.69, 9.17) is 4.74 Å². The average molecular weight is 310 g/mol. The molecule has 0 bridgehead atoms. The second kappa shape index (κ2) is 6.26. The Labute approximate surface area is 123 Å². The van der Waals surface area contributed by atoms with E-state index < -0.39 is 9.84 Å². The van der Waals surface area contributed by atoms with E-state index in [9.17, 15) is 13.2 Å². The number of benzene rings is 1. The van der Waals surface area contributed by atoms with Gasteiger partial charge in [0, 0.05) is 0 Å². The second-order valence-electron chi connectivity index (χ2n) is 4.84. The third kappa shape index (κ3) is 3.81. The van der Waals surface area contributed by atoms with Gasteiger partial charge in [-0.3, -0.25) is 4.79 Å². The Hall–Kier alpha value is -1.89. The molecule has 6 nitrogen and oxygen atoms in total. The Bertz CT molecular complexity index is 796. The van der Waals surface area contributed by atoms with Gasteiger partial charge in [-0.15, -0.1) is 0 Å². The summed E-state index contributed by atoms with van der Waals surface area (Å²) in [7, 11) is -1.74. The lowest BCUT2D eigenvalue weighted by Crippen LogP contribution is -2.17. The van der Waals surface area contributed by atoms with E-state index in [1.807, 2.05) is 6.92 Å². The van der Waals surface area contributed by atoms with Gasteiger partial charge in [-0.2, -0.15) is 0 Å². The van der Waals surface area contributed by atoms with E-state index in [2.05, 4.69) is 9.97 Å². The number of rotatable bonds is 6. The summed E-state index contributed by atoms with van der Waals surface area (Å²) >= 11 is 0. The van der Waals surface area contributed by atoms with Crippen LogP contribution in [0.2, 0.25) is 0 Å². The molecule has 1 heterocycles. The number of nitrogens with one attached hydrogen (secondary N) is 1. The molecule has 2 rings (SSSR count). The van der Waals surface area contributed by atoms with E-state index in [1.165, 1.54) is 7.11 Å². The predicted octanol–water partition coefficient (Wildman–Crippen LogP) is 1.65. The number of H-pyrrole nitrogens is 1. The van der Waals surface area contributed by atoms with Gasteiger partial charge in [0.1, 0.15) is 17.3 Å². The van der Waals surface area contributed by atoms with Crippen molar-refractivity contribution in [3.63, 3.8) is 0 Å². The van der Waals surface area contributed by atoms with Gasteiger partial charge in [-0.05, 0) is 24.6 Å². The lowest BCUT2D eigenvalue weighted by atomic mass is 10.2. The number of nitrogens with zero attached hydrogens (tertiary/aromatic N) is 1. The van der Waals surface area contributed by atoms with Crippen LogP contribution in [0.4, 0.5) is 0 Å². The third-order valence-corrected chi connectivity index (χ3v) is 4.75. The highest BCUT2D eigenvalue weighted by Gasteiger charge is 2.14. The molecular weight excluding hydrogens is 292 g/mol. The highest BCUT2D eigenvalue weighted by Crippen LogP contribution is 2.16. The van der Waals surface area contributed by atoms with Crippen molar-refractivity contribution in [3.8, 4) is 5.75 Å². The first kappa shape index (κ1) is 15.5. The summed E-state index contributed by atoms with van der Waals surface area (Å²) in [5.74, 6) is 0.588. The van der Waals surface area contributed by atoms with Crippen molar-refractivity contribution < 1.29 is 13.2 Å². The van der Waals surface area contributed by atoms with Crippen molar-refractivity contribution in [2.24, 2.45) is 0 Å². The van der Waals surface area contributed by atoms with E-state index in [0.29, 0.717) is 23.1 Å². The molecule has 0 saturated heterocycles. The summed E-state index contributed by atoms with van der Waals surface area (Å²) < 4.78 is 28.9. The third-order valence-electron chi connectivity index (χ3n) is 3.13. The van der Waals surface area contributed by atoms with Crippen molar-refractivity contribution in [1.82, 2.24) is 9.97 Å². The molecule has 2 aromatic rings. The molecular formula is C14H18N2O4S. The van der Waals surface area contributed by atoms with Crippen LogP contribution in [0, 0.1) is 0 Å². The van der Waals surface area contributed by atoms with Crippen molar-refractivity contribution in [2.75, 3.05) is 12.9 Å². The summed E-state index contributed by atoms with van der Waals surface area (Å²) in [5.41, 5.74) is 0.0971. The minimum Gasteiger partial charge on any atom is -0.497 e. The maximum atomic E-state index is 12.0. The number of ether oxygens (including phenoxy) is 1. The molecule has 1 aromatic heterocycles. The zero-order valence-corrected chi connectivity index (χ0v) is 12.9. The van der Waals surface area contributed by atoms with Gasteiger partial charge >= 0.3 is 0 Å². The van der Waals surface area contributed by atoms with Crippen LogP contribution in [0.15, 0.2) is 23.0 Å². The Morgan fingerprint density at radius 1 is 1.33 bits per heavy atom. The molecule has 21 heavy (non-hydrogen) atoms. The SMILES string of the molecule is CCCCS(=O)(=O)Cc1nc2ccc(OC)cc2c(=O)[nH]1. The Morgan fingerprint density at radius 2 is 2.10 bits per heavy atom. The minimum atomic E-state index is -3.25. The van der Waals surface area contributed by atoms with Gasteiger partial charge in [-0.1, -0.05) is 13.3 Å². The van der Waals surface area contributed by atoms with Crippen LogP contribution < -0.4 is 10.3 Å². The van der Waals surface area contributed by atoms with Gasteiger partial charge in [0.25, 0.3) is 5.56 Å². The first-order valence-electron chi connectivity index (χ1n) is 6.72. The fourth-order valence-corrected chi connectivity index (χ4v) is 3.43. The Kier molecular flexibility index (Phi) is 4.62. The fraction of sp³-hybridized carbons (Fsp3) is 0.429. The van der Waals surface area contributed by atoms with Crippen molar-refractivity contribution in [2.45, 2.75) is 25.5 Å². The molecule has 0 fully saturated rings. The van der Waals surface area contributed by atoms with Gasteiger partial charge in [0.15, 0.2) is 9.84 Å². The molecule has 0 spiro atoms. The van der Waals surface area contributed by atoms with E-state index >= 15 is 0 Å². The molecule has 0 saturated carbocycles. The summed E-state index contributed by atoms with van der Waals surface area (Å²) in [5, 5.41) is 0.379. The molecule has 0 radical (unpaired) electrons. The molecule has 0 unspecified atom stereocenters. The highest BCUT2D eigenvalue weighted by molar-refractivity contribution is 7.90. The van der Waals surface area contributed by atoms with Crippen LogP contribution in [0.1, 0.15) is 25.6 Å². The van der Waals surface area contributed by atoms with E-state index in [1.54, 1.807) is 18.2 Å². The number of aromatic amines is 1. The second-order valence-corrected chi connectivity index (χ2v) is 7.03. The zero-order chi connectivity index (χ0) is 15.5.